The number of ether oxygens (including phenoxy) is 1. The molecule has 0 spiro atoms. The minimum absolute atomic E-state index is 0.0276. The van der Waals surface area contributed by atoms with E-state index >= 15 is 0 Å². The standard InChI is InChI=1S/C18H20N2O4/c1-23-14-7-2-5-13-6-3-11-20(17(13)14)16(21)9-10-19-18(22)15-8-4-12-24-15/h2,4-5,7-8,12H,3,6,9-11H2,1H3,(H,19,22). The molecule has 6 nitrogen and oxygen atoms in total. The van der Waals surface area contributed by atoms with Gasteiger partial charge in [-0.25, -0.2) is 0 Å². The Labute approximate surface area is 140 Å². The highest BCUT2D eigenvalue weighted by Gasteiger charge is 2.25. The first-order valence-electron chi connectivity index (χ1n) is 7.98. The highest BCUT2D eigenvalue weighted by atomic mass is 16.5. The van der Waals surface area contributed by atoms with E-state index in [0.717, 1.165) is 24.1 Å². The number of anilines is 1. The first-order chi connectivity index (χ1) is 11.7. The second-order valence-electron chi connectivity index (χ2n) is 5.60. The molecule has 1 aromatic heterocycles. The quantitative estimate of drug-likeness (QED) is 0.915. The number of benzene rings is 1. The zero-order valence-electron chi connectivity index (χ0n) is 13.6. The van der Waals surface area contributed by atoms with Gasteiger partial charge in [0.25, 0.3) is 5.91 Å². The monoisotopic (exact) mass is 328 g/mol. The van der Waals surface area contributed by atoms with E-state index in [-0.39, 0.29) is 30.5 Å². The van der Waals surface area contributed by atoms with Crippen LogP contribution in [0.4, 0.5) is 5.69 Å². The van der Waals surface area contributed by atoms with Crippen LogP contribution in [-0.4, -0.2) is 32.0 Å². The van der Waals surface area contributed by atoms with E-state index in [1.54, 1.807) is 24.1 Å². The molecule has 2 amide bonds. The molecule has 3 rings (SSSR count). The number of nitrogens with one attached hydrogen (secondary N) is 1. The summed E-state index contributed by atoms with van der Waals surface area (Å²) in [6, 6.07) is 9.06. The van der Waals surface area contributed by atoms with Crippen molar-refractivity contribution in [2.45, 2.75) is 19.3 Å². The lowest BCUT2D eigenvalue weighted by molar-refractivity contribution is -0.118. The average Bonchev–Trinajstić information content (AvgIpc) is 3.15. The Morgan fingerprint density at radius 2 is 2.17 bits per heavy atom. The highest BCUT2D eigenvalue weighted by Crippen LogP contribution is 2.36. The molecule has 0 saturated carbocycles. The fraction of sp³-hybridized carbons (Fsp3) is 0.333. The summed E-state index contributed by atoms with van der Waals surface area (Å²) in [6.45, 7) is 0.928. The lowest BCUT2D eigenvalue weighted by Gasteiger charge is -2.31. The van der Waals surface area contributed by atoms with Crippen LogP contribution >= 0.6 is 0 Å². The number of methoxy groups -OCH3 is 1. The molecular weight excluding hydrogens is 308 g/mol. The number of rotatable bonds is 5. The van der Waals surface area contributed by atoms with Crippen molar-refractivity contribution in [3.05, 3.63) is 47.9 Å². The second-order valence-corrected chi connectivity index (χ2v) is 5.60. The zero-order valence-corrected chi connectivity index (χ0v) is 13.6. The molecule has 0 bridgehead atoms. The Hall–Kier alpha value is -2.76. The van der Waals surface area contributed by atoms with Gasteiger partial charge in [0.05, 0.1) is 19.1 Å². The normalized spacial score (nSPS) is 13.3. The minimum Gasteiger partial charge on any atom is -0.495 e. The molecule has 1 N–H and O–H groups in total. The third kappa shape index (κ3) is 3.27. The van der Waals surface area contributed by atoms with Crippen LogP contribution in [0.25, 0.3) is 0 Å². The van der Waals surface area contributed by atoms with Crippen molar-refractivity contribution >= 4 is 17.5 Å². The third-order valence-corrected chi connectivity index (χ3v) is 4.07. The SMILES string of the molecule is COc1cccc2c1N(C(=O)CCNC(=O)c1ccco1)CCC2. The minimum atomic E-state index is -0.315. The van der Waals surface area contributed by atoms with Crippen molar-refractivity contribution in [2.75, 3.05) is 25.1 Å². The van der Waals surface area contributed by atoms with Crippen molar-refractivity contribution in [3.63, 3.8) is 0 Å². The van der Waals surface area contributed by atoms with Crippen LogP contribution in [0.5, 0.6) is 5.75 Å². The molecule has 0 fully saturated rings. The summed E-state index contributed by atoms with van der Waals surface area (Å²) < 4.78 is 10.4. The molecule has 2 aromatic rings. The largest absolute Gasteiger partial charge is 0.495 e. The summed E-state index contributed by atoms with van der Waals surface area (Å²) in [5.41, 5.74) is 1.97. The second kappa shape index (κ2) is 7.21. The van der Waals surface area contributed by atoms with Gasteiger partial charge in [0.2, 0.25) is 5.91 Å². The number of hydrogen-bond acceptors (Lipinski definition) is 4. The maximum Gasteiger partial charge on any atom is 0.286 e. The van der Waals surface area contributed by atoms with E-state index in [2.05, 4.69) is 5.32 Å². The van der Waals surface area contributed by atoms with Gasteiger partial charge in [-0.15, -0.1) is 0 Å². The van der Waals surface area contributed by atoms with Crippen LogP contribution in [0.3, 0.4) is 0 Å². The number of carbonyl (C=O) groups is 2. The average molecular weight is 328 g/mol. The van der Waals surface area contributed by atoms with E-state index in [1.807, 2.05) is 18.2 Å². The summed E-state index contributed by atoms with van der Waals surface area (Å²) in [7, 11) is 1.61. The molecular formula is C18H20N2O4. The molecule has 1 aliphatic rings. The summed E-state index contributed by atoms with van der Waals surface area (Å²) in [5.74, 6) is 0.609. The van der Waals surface area contributed by atoms with Gasteiger partial charge >= 0.3 is 0 Å². The summed E-state index contributed by atoms with van der Waals surface area (Å²) in [6.07, 6.45) is 3.52. The Balaban J connectivity index is 1.63. The topological polar surface area (TPSA) is 71.8 Å². The molecule has 0 aliphatic carbocycles. The Morgan fingerprint density at radius 1 is 1.29 bits per heavy atom. The maximum absolute atomic E-state index is 12.6. The number of nitrogens with zero attached hydrogens (tertiary/aromatic N) is 1. The van der Waals surface area contributed by atoms with Crippen molar-refractivity contribution in [2.24, 2.45) is 0 Å². The number of carbonyl (C=O) groups excluding carboxylic acids is 2. The third-order valence-electron chi connectivity index (χ3n) is 4.07. The molecule has 0 atom stereocenters. The molecule has 2 heterocycles. The van der Waals surface area contributed by atoms with Crippen LogP contribution in [0.1, 0.15) is 29.0 Å². The van der Waals surface area contributed by atoms with Gasteiger partial charge in [-0.2, -0.15) is 0 Å². The van der Waals surface area contributed by atoms with Crippen LogP contribution in [0.15, 0.2) is 41.0 Å². The molecule has 24 heavy (non-hydrogen) atoms. The fourth-order valence-electron chi connectivity index (χ4n) is 2.94. The molecule has 1 aliphatic heterocycles. The van der Waals surface area contributed by atoms with E-state index in [1.165, 1.54) is 6.26 Å². The van der Waals surface area contributed by atoms with Gasteiger partial charge in [-0.05, 0) is 36.6 Å². The van der Waals surface area contributed by atoms with Crippen molar-refractivity contribution in [1.82, 2.24) is 5.32 Å². The number of furan rings is 1. The molecule has 126 valence electrons. The Kier molecular flexibility index (Phi) is 4.84. The van der Waals surface area contributed by atoms with E-state index < -0.39 is 0 Å². The lowest BCUT2D eigenvalue weighted by Crippen LogP contribution is -2.38. The molecule has 0 unspecified atom stereocenters. The first kappa shape index (κ1) is 16.1. The number of para-hydroxylation sites is 1. The number of amides is 2. The van der Waals surface area contributed by atoms with Crippen LogP contribution < -0.4 is 15.0 Å². The van der Waals surface area contributed by atoms with Crippen LogP contribution in [-0.2, 0) is 11.2 Å². The number of hydrogen-bond donors (Lipinski definition) is 1. The predicted molar refractivity (Wildman–Crippen MR) is 89.3 cm³/mol. The van der Waals surface area contributed by atoms with Gasteiger partial charge in [-0.3, -0.25) is 9.59 Å². The zero-order chi connectivity index (χ0) is 16.9. The number of fused-ring (bicyclic) bond motifs is 1. The number of aryl methyl sites for hydroxylation is 1. The molecule has 1 aromatic carbocycles. The van der Waals surface area contributed by atoms with Gasteiger partial charge < -0.3 is 19.4 Å². The van der Waals surface area contributed by atoms with Crippen molar-refractivity contribution in [3.8, 4) is 5.75 Å². The van der Waals surface area contributed by atoms with Crippen LogP contribution in [0, 0.1) is 0 Å². The van der Waals surface area contributed by atoms with E-state index in [4.69, 9.17) is 9.15 Å². The van der Waals surface area contributed by atoms with E-state index in [9.17, 15) is 9.59 Å². The molecule has 6 heteroatoms. The molecule has 0 radical (unpaired) electrons. The maximum atomic E-state index is 12.6. The fourth-order valence-corrected chi connectivity index (χ4v) is 2.94. The summed E-state index contributed by atoms with van der Waals surface area (Å²) in [4.78, 5) is 26.2. The van der Waals surface area contributed by atoms with Gasteiger partial charge in [-0.1, -0.05) is 12.1 Å². The lowest BCUT2D eigenvalue weighted by atomic mass is 10.0. The van der Waals surface area contributed by atoms with Gasteiger partial charge in [0, 0.05) is 19.5 Å². The van der Waals surface area contributed by atoms with Gasteiger partial charge in [0.1, 0.15) is 5.75 Å². The Morgan fingerprint density at radius 3 is 2.92 bits per heavy atom. The summed E-state index contributed by atoms with van der Waals surface area (Å²) >= 11 is 0. The highest BCUT2D eigenvalue weighted by molar-refractivity contribution is 5.97. The molecule has 0 saturated heterocycles. The summed E-state index contributed by atoms with van der Waals surface area (Å²) in [5, 5.41) is 2.70. The van der Waals surface area contributed by atoms with Crippen molar-refractivity contribution < 1.29 is 18.7 Å². The van der Waals surface area contributed by atoms with E-state index in [0.29, 0.717) is 12.3 Å². The Bertz CT molecular complexity index is 710. The smallest absolute Gasteiger partial charge is 0.286 e. The van der Waals surface area contributed by atoms with Crippen molar-refractivity contribution in [1.29, 1.82) is 0 Å². The first-order valence-corrected chi connectivity index (χ1v) is 7.98. The predicted octanol–water partition coefficient (Wildman–Crippen LogP) is 2.39. The van der Waals surface area contributed by atoms with Gasteiger partial charge in [0.15, 0.2) is 5.76 Å². The van der Waals surface area contributed by atoms with Crippen LogP contribution in [0.2, 0.25) is 0 Å².